The van der Waals surface area contributed by atoms with Crippen molar-refractivity contribution in [2.75, 3.05) is 34.9 Å². The van der Waals surface area contributed by atoms with Crippen LogP contribution in [0.2, 0.25) is 0 Å². The Bertz CT molecular complexity index is 810. The van der Waals surface area contributed by atoms with Crippen molar-refractivity contribution in [1.29, 1.82) is 0 Å². The molecule has 0 saturated carbocycles. The van der Waals surface area contributed by atoms with E-state index in [4.69, 9.17) is 18.9 Å². The van der Waals surface area contributed by atoms with E-state index in [9.17, 15) is 0 Å². The first-order valence-electron chi connectivity index (χ1n) is 9.51. The summed E-state index contributed by atoms with van der Waals surface area (Å²) < 4.78 is 22.1. The van der Waals surface area contributed by atoms with E-state index in [0.717, 1.165) is 17.1 Å². The van der Waals surface area contributed by atoms with Crippen LogP contribution in [-0.2, 0) is 0 Å². The molecule has 2 aromatic rings. The van der Waals surface area contributed by atoms with Crippen molar-refractivity contribution < 1.29 is 18.9 Å². The molecule has 0 aliphatic carbocycles. The zero-order valence-electron chi connectivity index (χ0n) is 18.0. The quantitative estimate of drug-likeness (QED) is 0.496. The normalized spacial score (nSPS) is 13.2. The molecule has 2 unspecified atom stereocenters. The van der Waals surface area contributed by atoms with Gasteiger partial charge in [-0.2, -0.15) is 0 Å². The smallest absolute Gasteiger partial charge is 0.191 e. The van der Waals surface area contributed by atoms with Gasteiger partial charge in [0.05, 0.1) is 33.9 Å². The molecule has 7 nitrogen and oxygen atoms in total. The first-order chi connectivity index (χ1) is 14.0. The molecule has 2 aromatic carbocycles. The maximum absolute atomic E-state index is 5.98. The zero-order chi connectivity index (χ0) is 21.2. The standard InChI is InChI=1S/C22H31N3O4/c1-15(29-21-10-8-7-9-20(21)28-6)14-24-22(23-3)25-16(2)18-13-17(26-4)11-12-19(18)27-5/h7-13,15-16H,14H2,1-6H3,(H2,23,24,25). The lowest BCUT2D eigenvalue weighted by atomic mass is 10.1. The molecule has 0 aliphatic heterocycles. The maximum atomic E-state index is 5.98. The first-order valence-corrected chi connectivity index (χ1v) is 9.51. The highest BCUT2D eigenvalue weighted by Gasteiger charge is 2.15. The van der Waals surface area contributed by atoms with Crippen LogP contribution in [0.1, 0.15) is 25.5 Å². The molecule has 0 fully saturated rings. The van der Waals surface area contributed by atoms with Crippen molar-refractivity contribution in [1.82, 2.24) is 10.6 Å². The fraction of sp³-hybridized carbons (Fsp3) is 0.409. The number of hydrogen-bond donors (Lipinski definition) is 2. The Balaban J connectivity index is 1.97. The minimum Gasteiger partial charge on any atom is -0.497 e. The molecule has 0 aliphatic rings. The molecular weight excluding hydrogens is 370 g/mol. The van der Waals surface area contributed by atoms with Crippen molar-refractivity contribution >= 4 is 5.96 Å². The first kappa shape index (κ1) is 22.2. The topological polar surface area (TPSA) is 73.3 Å². The van der Waals surface area contributed by atoms with Crippen molar-refractivity contribution in [3.05, 3.63) is 48.0 Å². The lowest BCUT2D eigenvalue weighted by Crippen LogP contribution is -2.42. The number of nitrogens with zero attached hydrogens (tertiary/aromatic N) is 1. The van der Waals surface area contributed by atoms with Crippen LogP contribution < -0.4 is 29.6 Å². The highest BCUT2D eigenvalue weighted by Crippen LogP contribution is 2.29. The second kappa shape index (κ2) is 11.0. The number of rotatable bonds is 9. The van der Waals surface area contributed by atoms with Gasteiger partial charge < -0.3 is 29.6 Å². The number of aliphatic imine (C=N–C) groups is 1. The van der Waals surface area contributed by atoms with E-state index < -0.39 is 0 Å². The predicted octanol–water partition coefficient (Wildman–Crippen LogP) is 3.41. The van der Waals surface area contributed by atoms with Gasteiger partial charge in [-0.05, 0) is 44.2 Å². The largest absolute Gasteiger partial charge is 0.497 e. The molecule has 0 saturated heterocycles. The van der Waals surface area contributed by atoms with E-state index in [1.807, 2.05) is 56.3 Å². The molecule has 2 N–H and O–H groups in total. The molecule has 0 aromatic heterocycles. The van der Waals surface area contributed by atoms with Crippen LogP contribution in [0.5, 0.6) is 23.0 Å². The van der Waals surface area contributed by atoms with E-state index in [2.05, 4.69) is 15.6 Å². The minimum atomic E-state index is -0.0912. The van der Waals surface area contributed by atoms with Gasteiger partial charge in [0.1, 0.15) is 17.6 Å². The third-order valence-electron chi connectivity index (χ3n) is 4.43. The van der Waals surface area contributed by atoms with Gasteiger partial charge in [0.2, 0.25) is 0 Å². The van der Waals surface area contributed by atoms with Gasteiger partial charge in [-0.1, -0.05) is 12.1 Å². The van der Waals surface area contributed by atoms with Crippen molar-refractivity contribution in [2.45, 2.75) is 26.0 Å². The summed E-state index contributed by atoms with van der Waals surface area (Å²) in [6.07, 6.45) is -0.0912. The van der Waals surface area contributed by atoms with Gasteiger partial charge in [0.15, 0.2) is 17.5 Å². The highest BCUT2D eigenvalue weighted by atomic mass is 16.5. The molecule has 2 atom stereocenters. The summed E-state index contributed by atoms with van der Waals surface area (Å²) in [5.41, 5.74) is 0.980. The van der Waals surface area contributed by atoms with Gasteiger partial charge in [-0.15, -0.1) is 0 Å². The Morgan fingerprint density at radius 2 is 1.62 bits per heavy atom. The molecule has 0 spiro atoms. The summed E-state index contributed by atoms with van der Waals surface area (Å²) in [5.74, 6) is 3.64. The van der Waals surface area contributed by atoms with Crippen LogP contribution >= 0.6 is 0 Å². The number of para-hydroxylation sites is 2. The van der Waals surface area contributed by atoms with E-state index >= 15 is 0 Å². The van der Waals surface area contributed by atoms with Crippen molar-refractivity contribution in [3.63, 3.8) is 0 Å². The fourth-order valence-electron chi connectivity index (χ4n) is 2.87. The highest BCUT2D eigenvalue weighted by molar-refractivity contribution is 5.80. The van der Waals surface area contributed by atoms with E-state index in [0.29, 0.717) is 24.0 Å². The third kappa shape index (κ3) is 6.20. The number of hydrogen-bond acceptors (Lipinski definition) is 5. The molecule has 0 radical (unpaired) electrons. The number of ether oxygens (including phenoxy) is 4. The molecule has 29 heavy (non-hydrogen) atoms. The van der Waals surface area contributed by atoms with Crippen LogP contribution in [0.4, 0.5) is 0 Å². The Morgan fingerprint density at radius 3 is 2.24 bits per heavy atom. The average molecular weight is 402 g/mol. The molecule has 0 bridgehead atoms. The summed E-state index contributed by atoms with van der Waals surface area (Å²) in [7, 11) is 6.66. The van der Waals surface area contributed by atoms with Gasteiger partial charge in [-0.3, -0.25) is 4.99 Å². The number of benzene rings is 2. The van der Waals surface area contributed by atoms with E-state index in [1.165, 1.54) is 0 Å². The van der Waals surface area contributed by atoms with Gasteiger partial charge in [0.25, 0.3) is 0 Å². The summed E-state index contributed by atoms with van der Waals surface area (Å²) in [6.45, 7) is 4.60. The monoisotopic (exact) mass is 401 g/mol. The lowest BCUT2D eigenvalue weighted by molar-refractivity contribution is 0.213. The van der Waals surface area contributed by atoms with Crippen LogP contribution in [0, 0.1) is 0 Å². The molecule has 0 amide bonds. The van der Waals surface area contributed by atoms with Crippen LogP contribution in [0.25, 0.3) is 0 Å². The maximum Gasteiger partial charge on any atom is 0.191 e. The molecule has 2 rings (SSSR count). The Hall–Kier alpha value is -3.09. The Morgan fingerprint density at radius 1 is 0.931 bits per heavy atom. The van der Waals surface area contributed by atoms with Gasteiger partial charge >= 0.3 is 0 Å². The molecule has 158 valence electrons. The summed E-state index contributed by atoms with van der Waals surface area (Å²) in [5, 5.41) is 6.67. The second-order valence-electron chi connectivity index (χ2n) is 6.51. The summed E-state index contributed by atoms with van der Waals surface area (Å²) >= 11 is 0. The van der Waals surface area contributed by atoms with Crippen LogP contribution in [0.15, 0.2) is 47.5 Å². The predicted molar refractivity (Wildman–Crippen MR) is 116 cm³/mol. The van der Waals surface area contributed by atoms with Crippen molar-refractivity contribution in [3.8, 4) is 23.0 Å². The lowest BCUT2D eigenvalue weighted by Gasteiger charge is -2.22. The number of nitrogens with one attached hydrogen (secondary N) is 2. The number of guanidine groups is 1. The Kier molecular flexibility index (Phi) is 8.45. The molecule has 0 heterocycles. The van der Waals surface area contributed by atoms with Crippen LogP contribution in [-0.4, -0.2) is 47.0 Å². The average Bonchev–Trinajstić information content (AvgIpc) is 2.76. The molecule has 7 heteroatoms. The summed E-state index contributed by atoms with van der Waals surface area (Å²) in [6, 6.07) is 13.3. The van der Waals surface area contributed by atoms with Crippen LogP contribution in [0.3, 0.4) is 0 Å². The van der Waals surface area contributed by atoms with Gasteiger partial charge in [0, 0.05) is 12.6 Å². The van der Waals surface area contributed by atoms with E-state index in [1.54, 1.807) is 28.4 Å². The number of methoxy groups -OCH3 is 3. The van der Waals surface area contributed by atoms with E-state index in [-0.39, 0.29) is 12.1 Å². The van der Waals surface area contributed by atoms with Gasteiger partial charge in [-0.25, -0.2) is 0 Å². The fourth-order valence-corrected chi connectivity index (χ4v) is 2.87. The summed E-state index contributed by atoms with van der Waals surface area (Å²) in [4.78, 5) is 4.31. The van der Waals surface area contributed by atoms with Crippen molar-refractivity contribution in [2.24, 2.45) is 4.99 Å². The zero-order valence-corrected chi connectivity index (χ0v) is 18.0. The SMILES string of the molecule is CN=C(NCC(C)Oc1ccccc1OC)NC(C)c1cc(OC)ccc1OC. The third-order valence-corrected chi connectivity index (χ3v) is 4.43. The second-order valence-corrected chi connectivity index (χ2v) is 6.51. The molecular formula is C22H31N3O4. The minimum absolute atomic E-state index is 0.0447. The Labute approximate surface area is 173 Å².